The topological polar surface area (TPSA) is 312 Å². The van der Waals surface area contributed by atoms with Gasteiger partial charge in [0, 0.05) is 0 Å². The van der Waals surface area contributed by atoms with E-state index in [0.717, 1.165) is 38.5 Å². The zero-order valence-electron chi connectivity index (χ0n) is 39.7. The molecule has 11 N–H and O–H groups in total. The number of aliphatic carboxylic acids is 1. The van der Waals surface area contributed by atoms with Gasteiger partial charge in [-0.25, -0.2) is 4.79 Å². The molecule has 67 heavy (non-hydrogen) atoms. The van der Waals surface area contributed by atoms with E-state index < -0.39 is 134 Å². The lowest BCUT2D eigenvalue weighted by Crippen LogP contribution is -2.67. The second-order valence-electron chi connectivity index (χ2n) is 23.5. The van der Waals surface area contributed by atoms with E-state index in [1.165, 1.54) is 5.57 Å². The SMILES string of the molecule is CC1(C)CC[C@]2(C(=O)O[C@@H]3O[C@H](CO)[C@@H](O)[C@H](O)[C@H]3O)CC[C@]3(C)C(=CC[C@@H]4[C@@]5(C)CC[C@H](O[C@@H]6O[C@H](C(=O)O)[C@@H](O)[C@H](O[C@@H]7O[C@H](CO)[C@@H](O)[C@H](O)[C@H]7O)[C@H]6O)C(C)(C)[C@@H]5CC[C@]43C)[C@@H]2C1. The average molecular weight is 957 g/mol. The average Bonchev–Trinajstić information content (AvgIpc) is 3.26. The quantitative estimate of drug-likeness (QED) is 0.0838. The maximum absolute atomic E-state index is 14.7. The summed E-state index contributed by atoms with van der Waals surface area (Å²) in [6, 6.07) is 0. The number of hydrogen-bond acceptors (Lipinski definition) is 18. The molecule has 8 rings (SSSR count). The molecule has 0 radical (unpaired) electrons. The summed E-state index contributed by atoms with van der Waals surface area (Å²) in [4.78, 5) is 27.1. The van der Waals surface area contributed by atoms with Crippen LogP contribution in [0.25, 0.3) is 0 Å². The molecule has 23 atom stereocenters. The van der Waals surface area contributed by atoms with Crippen LogP contribution in [0.3, 0.4) is 0 Å². The maximum atomic E-state index is 14.7. The molecule has 3 saturated heterocycles. The zero-order valence-corrected chi connectivity index (χ0v) is 39.7. The van der Waals surface area contributed by atoms with Gasteiger partial charge in [-0.2, -0.15) is 0 Å². The van der Waals surface area contributed by atoms with E-state index in [1.807, 2.05) is 0 Å². The number of aliphatic hydroxyl groups is 10. The van der Waals surface area contributed by atoms with Crippen molar-refractivity contribution in [2.45, 2.75) is 211 Å². The van der Waals surface area contributed by atoms with Gasteiger partial charge in [-0.15, -0.1) is 0 Å². The largest absolute Gasteiger partial charge is 0.479 e. The van der Waals surface area contributed by atoms with Gasteiger partial charge in [0.2, 0.25) is 6.29 Å². The summed E-state index contributed by atoms with van der Waals surface area (Å²) < 4.78 is 35.2. The van der Waals surface area contributed by atoms with E-state index >= 15 is 0 Å². The van der Waals surface area contributed by atoms with Crippen LogP contribution in [0.15, 0.2) is 11.6 Å². The summed E-state index contributed by atoms with van der Waals surface area (Å²) >= 11 is 0. The standard InChI is InChI=1S/C48H76O19/c1-43(2)14-16-48(42(61)67-40-33(56)31(54)29(52)24(20-50)63-40)17-15-46(6)21(22(48)18-43)8-9-26-45(5)12-11-27(44(3,4)25(45)10-13-47(26,46)7)64-41-35(58)36(34(57)37(66-41)38(59)60)65-39-32(55)30(53)28(51)23(19-49)62-39/h8,22-37,39-41,49-58H,9-20H2,1-7H3,(H,59,60)/t22-,23+,24+,25-,26+,27-,28+,29+,30-,31-,32+,33+,34-,35+,36-,37-,39-,40-,41+,45-,46+,47+,48-/m0/s1. The fourth-order valence-corrected chi connectivity index (χ4v) is 15.0. The Labute approximate surface area is 391 Å². The van der Waals surface area contributed by atoms with Crippen molar-refractivity contribution in [2.75, 3.05) is 13.2 Å². The lowest BCUT2D eigenvalue weighted by atomic mass is 9.33. The van der Waals surface area contributed by atoms with Crippen LogP contribution in [0.1, 0.15) is 113 Å². The third-order valence-electron chi connectivity index (χ3n) is 19.3. The highest BCUT2D eigenvalue weighted by Crippen LogP contribution is 2.76. The maximum Gasteiger partial charge on any atom is 0.335 e. The van der Waals surface area contributed by atoms with Crippen LogP contribution in [0, 0.1) is 50.2 Å². The van der Waals surface area contributed by atoms with Crippen LogP contribution in [0.5, 0.6) is 0 Å². The first-order valence-electron chi connectivity index (χ1n) is 24.3. The van der Waals surface area contributed by atoms with Crippen molar-refractivity contribution in [2.24, 2.45) is 50.2 Å². The Hall–Kier alpha value is -1.92. The van der Waals surface area contributed by atoms with Crippen molar-refractivity contribution >= 4 is 11.9 Å². The molecule has 19 nitrogen and oxygen atoms in total. The van der Waals surface area contributed by atoms with Crippen molar-refractivity contribution in [3.05, 3.63) is 11.6 Å². The summed E-state index contributed by atoms with van der Waals surface area (Å²) in [5.74, 6) is -1.91. The van der Waals surface area contributed by atoms with Crippen molar-refractivity contribution in [1.82, 2.24) is 0 Å². The fourth-order valence-electron chi connectivity index (χ4n) is 15.0. The number of aliphatic hydroxyl groups excluding tert-OH is 10. The summed E-state index contributed by atoms with van der Waals surface area (Å²) in [5, 5.41) is 115. The van der Waals surface area contributed by atoms with E-state index in [0.29, 0.717) is 25.7 Å². The molecular formula is C48H76O19. The molecule has 0 bridgehead atoms. The Bertz CT molecular complexity index is 1870. The molecule has 8 aliphatic rings. The molecule has 3 aliphatic heterocycles. The van der Waals surface area contributed by atoms with Gasteiger partial charge in [-0.1, -0.05) is 60.1 Å². The van der Waals surface area contributed by atoms with Crippen molar-refractivity contribution < 1.29 is 94.2 Å². The molecule has 0 spiro atoms. The molecule has 5 aliphatic carbocycles. The van der Waals surface area contributed by atoms with Gasteiger partial charge >= 0.3 is 11.9 Å². The zero-order chi connectivity index (χ0) is 49.1. The highest BCUT2D eigenvalue weighted by molar-refractivity contribution is 5.79. The fraction of sp³-hybridized carbons (Fsp3) is 0.917. The van der Waals surface area contributed by atoms with Crippen molar-refractivity contribution in [1.29, 1.82) is 0 Å². The Morgan fingerprint density at radius 2 is 1.22 bits per heavy atom. The van der Waals surface area contributed by atoms with E-state index in [2.05, 4.69) is 54.5 Å². The second-order valence-corrected chi connectivity index (χ2v) is 23.5. The number of esters is 1. The highest BCUT2D eigenvalue weighted by Gasteiger charge is 2.70. The third-order valence-corrected chi connectivity index (χ3v) is 19.3. The normalized spacial score (nSPS) is 52.6. The minimum atomic E-state index is -1.97. The van der Waals surface area contributed by atoms with Crippen LogP contribution < -0.4 is 0 Å². The summed E-state index contributed by atoms with van der Waals surface area (Å²) in [7, 11) is 0. The van der Waals surface area contributed by atoms with Gasteiger partial charge in [0.25, 0.3) is 0 Å². The molecule has 0 aromatic rings. The van der Waals surface area contributed by atoms with Crippen LogP contribution >= 0.6 is 0 Å². The molecule has 4 saturated carbocycles. The Morgan fingerprint density at radius 3 is 1.84 bits per heavy atom. The first-order chi connectivity index (χ1) is 31.2. The van der Waals surface area contributed by atoms with E-state index in [-0.39, 0.29) is 39.4 Å². The number of carbonyl (C=O) groups is 2. The lowest BCUT2D eigenvalue weighted by Gasteiger charge is -2.71. The van der Waals surface area contributed by atoms with Gasteiger partial charge in [-0.05, 0) is 109 Å². The Morgan fingerprint density at radius 1 is 0.642 bits per heavy atom. The highest BCUT2D eigenvalue weighted by atomic mass is 16.7. The number of fused-ring (bicyclic) bond motifs is 7. The van der Waals surface area contributed by atoms with Gasteiger partial charge in [0.05, 0.1) is 24.7 Å². The molecule has 382 valence electrons. The lowest BCUT2D eigenvalue weighted by molar-refractivity contribution is -0.365. The molecule has 0 aromatic carbocycles. The first kappa shape index (κ1) is 51.4. The van der Waals surface area contributed by atoms with Crippen LogP contribution in [0.2, 0.25) is 0 Å². The molecule has 0 unspecified atom stereocenters. The van der Waals surface area contributed by atoms with Crippen LogP contribution in [-0.4, -0.2) is 180 Å². The van der Waals surface area contributed by atoms with E-state index in [1.54, 1.807) is 0 Å². The molecule has 7 fully saturated rings. The number of carboxylic acid groups (broad SMARTS) is 1. The Balaban J connectivity index is 1.03. The minimum Gasteiger partial charge on any atom is -0.479 e. The second kappa shape index (κ2) is 18.0. The number of carboxylic acids is 1. The monoisotopic (exact) mass is 956 g/mol. The van der Waals surface area contributed by atoms with Gasteiger partial charge in [0.1, 0.15) is 67.1 Å². The summed E-state index contributed by atoms with van der Waals surface area (Å²) in [6.45, 7) is 14.4. The number of carbonyl (C=O) groups excluding carboxylic acids is 1. The van der Waals surface area contributed by atoms with Gasteiger partial charge < -0.3 is 84.6 Å². The Kier molecular flexibility index (Phi) is 13.8. The van der Waals surface area contributed by atoms with E-state index in [9.17, 15) is 65.8 Å². The van der Waals surface area contributed by atoms with Crippen molar-refractivity contribution in [3.63, 3.8) is 0 Å². The number of allylic oxidation sites excluding steroid dienone is 2. The molecular weight excluding hydrogens is 881 g/mol. The van der Waals surface area contributed by atoms with Gasteiger partial charge in [0.15, 0.2) is 18.7 Å². The summed E-state index contributed by atoms with van der Waals surface area (Å²) in [6.07, 6.45) is -16.4. The first-order valence-corrected chi connectivity index (χ1v) is 24.3. The molecule has 0 amide bonds. The molecule has 19 heteroatoms. The predicted molar refractivity (Wildman–Crippen MR) is 231 cm³/mol. The van der Waals surface area contributed by atoms with E-state index in [4.69, 9.17) is 28.4 Å². The molecule has 3 heterocycles. The van der Waals surface area contributed by atoms with Gasteiger partial charge in [-0.3, -0.25) is 4.79 Å². The number of ether oxygens (including phenoxy) is 6. The van der Waals surface area contributed by atoms with Crippen molar-refractivity contribution in [3.8, 4) is 0 Å². The van der Waals surface area contributed by atoms with Crippen LogP contribution in [0.4, 0.5) is 0 Å². The molecule has 0 aromatic heterocycles. The predicted octanol–water partition coefficient (Wildman–Crippen LogP) is 0.233. The summed E-state index contributed by atoms with van der Waals surface area (Å²) in [5.41, 5.74) is -0.975. The minimum absolute atomic E-state index is 0.0786. The third kappa shape index (κ3) is 8.06. The number of hydrogen-bond donors (Lipinski definition) is 11. The van der Waals surface area contributed by atoms with Crippen LogP contribution in [-0.2, 0) is 38.0 Å². The smallest absolute Gasteiger partial charge is 0.335 e. The number of rotatable bonds is 9.